The predicted molar refractivity (Wildman–Crippen MR) is 74.5 cm³/mol. The third-order valence-electron chi connectivity index (χ3n) is 3.02. The summed E-state index contributed by atoms with van der Waals surface area (Å²) in [5.74, 6) is 1.22. The van der Waals surface area contributed by atoms with Crippen molar-refractivity contribution in [3.63, 3.8) is 0 Å². The van der Waals surface area contributed by atoms with Crippen LogP contribution >= 0.6 is 12.4 Å². The molecule has 1 unspecified atom stereocenters. The van der Waals surface area contributed by atoms with E-state index in [1.165, 1.54) is 0 Å². The molecule has 1 saturated heterocycles. The SMILES string of the molecule is COc1ccccc1NC(=O)CC1CCNC1.Cl. The first-order valence-electron chi connectivity index (χ1n) is 5.93. The summed E-state index contributed by atoms with van der Waals surface area (Å²) in [5, 5.41) is 6.16. The van der Waals surface area contributed by atoms with Gasteiger partial charge in [-0.3, -0.25) is 4.79 Å². The van der Waals surface area contributed by atoms with Gasteiger partial charge in [0.2, 0.25) is 5.91 Å². The highest BCUT2D eigenvalue weighted by molar-refractivity contribution is 5.92. The standard InChI is InChI=1S/C13H18N2O2.ClH/c1-17-12-5-3-2-4-11(12)15-13(16)8-10-6-7-14-9-10;/h2-5,10,14H,6-9H2,1H3,(H,15,16);1H. The lowest BCUT2D eigenvalue weighted by Gasteiger charge is -2.11. The quantitative estimate of drug-likeness (QED) is 0.881. The maximum absolute atomic E-state index is 11.8. The Morgan fingerprint density at radius 1 is 1.50 bits per heavy atom. The van der Waals surface area contributed by atoms with Gasteiger partial charge in [0.1, 0.15) is 5.75 Å². The number of carbonyl (C=O) groups excluding carboxylic acids is 1. The van der Waals surface area contributed by atoms with Crippen LogP contribution in [-0.4, -0.2) is 26.1 Å². The van der Waals surface area contributed by atoms with E-state index < -0.39 is 0 Å². The number of nitrogens with one attached hydrogen (secondary N) is 2. The number of methoxy groups -OCH3 is 1. The highest BCUT2D eigenvalue weighted by Gasteiger charge is 2.18. The number of rotatable bonds is 4. The molecule has 1 aliphatic rings. The largest absolute Gasteiger partial charge is 0.495 e. The Bertz CT molecular complexity index is 392. The second kappa shape index (κ2) is 7.24. The second-order valence-corrected chi connectivity index (χ2v) is 4.31. The van der Waals surface area contributed by atoms with Crippen LogP contribution in [0.1, 0.15) is 12.8 Å². The first-order chi connectivity index (χ1) is 8.29. The molecule has 1 atom stereocenters. The van der Waals surface area contributed by atoms with Gasteiger partial charge in [0.05, 0.1) is 12.8 Å². The third kappa shape index (κ3) is 3.89. The lowest BCUT2D eigenvalue weighted by Crippen LogP contribution is -2.18. The van der Waals surface area contributed by atoms with Crippen molar-refractivity contribution in [2.75, 3.05) is 25.5 Å². The van der Waals surface area contributed by atoms with Crippen LogP contribution in [0.5, 0.6) is 5.75 Å². The molecule has 4 nitrogen and oxygen atoms in total. The molecule has 0 aliphatic carbocycles. The van der Waals surface area contributed by atoms with E-state index in [2.05, 4.69) is 10.6 Å². The van der Waals surface area contributed by atoms with E-state index in [-0.39, 0.29) is 18.3 Å². The molecule has 2 N–H and O–H groups in total. The molecule has 2 rings (SSSR count). The number of ether oxygens (including phenoxy) is 1. The van der Waals surface area contributed by atoms with Crippen molar-refractivity contribution in [1.82, 2.24) is 5.32 Å². The van der Waals surface area contributed by atoms with Gasteiger partial charge < -0.3 is 15.4 Å². The van der Waals surface area contributed by atoms with Crippen molar-refractivity contribution in [1.29, 1.82) is 0 Å². The Morgan fingerprint density at radius 2 is 2.28 bits per heavy atom. The van der Waals surface area contributed by atoms with Crippen LogP contribution in [0.3, 0.4) is 0 Å². The predicted octanol–water partition coefficient (Wildman–Crippen LogP) is 2.06. The Balaban J connectivity index is 0.00000162. The molecule has 1 aromatic rings. The second-order valence-electron chi connectivity index (χ2n) is 4.31. The number of benzene rings is 1. The number of hydrogen-bond donors (Lipinski definition) is 2. The zero-order chi connectivity index (χ0) is 12.1. The highest BCUT2D eigenvalue weighted by Crippen LogP contribution is 2.23. The van der Waals surface area contributed by atoms with Gasteiger partial charge in [0.15, 0.2) is 0 Å². The molecular weight excluding hydrogens is 252 g/mol. The molecule has 18 heavy (non-hydrogen) atoms. The number of anilines is 1. The molecule has 0 radical (unpaired) electrons. The summed E-state index contributed by atoms with van der Waals surface area (Å²) in [7, 11) is 1.60. The minimum atomic E-state index is 0. The van der Waals surface area contributed by atoms with Gasteiger partial charge in [-0.25, -0.2) is 0 Å². The minimum absolute atomic E-state index is 0. The molecule has 1 fully saturated rings. The topological polar surface area (TPSA) is 50.4 Å². The van der Waals surface area contributed by atoms with Crippen LogP contribution in [-0.2, 0) is 4.79 Å². The summed E-state index contributed by atoms with van der Waals surface area (Å²) in [5.41, 5.74) is 0.742. The Morgan fingerprint density at radius 3 is 2.94 bits per heavy atom. The smallest absolute Gasteiger partial charge is 0.224 e. The van der Waals surface area contributed by atoms with Gasteiger partial charge in [-0.15, -0.1) is 12.4 Å². The van der Waals surface area contributed by atoms with Crippen LogP contribution in [0.4, 0.5) is 5.69 Å². The van der Waals surface area contributed by atoms with Crippen LogP contribution in [0.15, 0.2) is 24.3 Å². The lowest BCUT2D eigenvalue weighted by molar-refractivity contribution is -0.117. The fraction of sp³-hybridized carbons (Fsp3) is 0.462. The zero-order valence-electron chi connectivity index (χ0n) is 10.4. The molecule has 1 heterocycles. The van der Waals surface area contributed by atoms with Crippen molar-refractivity contribution in [2.24, 2.45) is 5.92 Å². The van der Waals surface area contributed by atoms with Crippen molar-refractivity contribution >= 4 is 24.0 Å². The van der Waals surface area contributed by atoms with Gasteiger partial charge in [-0.2, -0.15) is 0 Å². The number of hydrogen-bond acceptors (Lipinski definition) is 3. The summed E-state index contributed by atoms with van der Waals surface area (Å²) < 4.78 is 5.19. The van der Waals surface area contributed by atoms with Gasteiger partial charge in [0.25, 0.3) is 0 Å². The molecule has 0 saturated carbocycles. The van der Waals surface area contributed by atoms with Crippen molar-refractivity contribution in [3.05, 3.63) is 24.3 Å². The highest BCUT2D eigenvalue weighted by atomic mass is 35.5. The fourth-order valence-corrected chi connectivity index (χ4v) is 2.10. The Kier molecular flexibility index (Phi) is 5.95. The van der Waals surface area contributed by atoms with E-state index in [9.17, 15) is 4.79 Å². The normalized spacial score (nSPS) is 17.9. The first kappa shape index (κ1) is 14.8. The number of halogens is 1. The summed E-state index contributed by atoms with van der Waals surface area (Å²) in [6.45, 7) is 1.96. The molecule has 1 aliphatic heterocycles. The van der Waals surface area contributed by atoms with Gasteiger partial charge in [-0.05, 0) is 37.6 Å². The minimum Gasteiger partial charge on any atom is -0.495 e. The van der Waals surface area contributed by atoms with Gasteiger partial charge in [-0.1, -0.05) is 12.1 Å². The molecule has 1 amide bonds. The number of amides is 1. The van der Waals surface area contributed by atoms with Crippen LogP contribution < -0.4 is 15.4 Å². The fourth-order valence-electron chi connectivity index (χ4n) is 2.10. The summed E-state index contributed by atoms with van der Waals surface area (Å²) in [6.07, 6.45) is 1.66. The van der Waals surface area contributed by atoms with E-state index in [4.69, 9.17) is 4.74 Å². The monoisotopic (exact) mass is 270 g/mol. The molecule has 100 valence electrons. The summed E-state index contributed by atoms with van der Waals surface area (Å²) >= 11 is 0. The zero-order valence-corrected chi connectivity index (χ0v) is 11.3. The van der Waals surface area contributed by atoms with E-state index in [1.54, 1.807) is 7.11 Å². The Labute approximate surface area is 114 Å². The number of para-hydroxylation sites is 2. The van der Waals surface area contributed by atoms with E-state index in [1.807, 2.05) is 24.3 Å². The summed E-state index contributed by atoms with van der Waals surface area (Å²) in [4.78, 5) is 11.8. The molecule has 1 aromatic carbocycles. The molecule has 0 bridgehead atoms. The summed E-state index contributed by atoms with van der Waals surface area (Å²) in [6, 6.07) is 7.46. The maximum Gasteiger partial charge on any atom is 0.224 e. The van der Waals surface area contributed by atoms with Crippen LogP contribution in [0, 0.1) is 5.92 Å². The molecule has 0 aromatic heterocycles. The number of carbonyl (C=O) groups is 1. The van der Waals surface area contributed by atoms with Crippen molar-refractivity contribution in [2.45, 2.75) is 12.8 Å². The molecule has 0 spiro atoms. The van der Waals surface area contributed by atoms with E-state index in [0.717, 1.165) is 25.2 Å². The van der Waals surface area contributed by atoms with E-state index in [0.29, 0.717) is 18.1 Å². The molecule has 5 heteroatoms. The van der Waals surface area contributed by atoms with Gasteiger partial charge in [0, 0.05) is 6.42 Å². The third-order valence-corrected chi connectivity index (χ3v) is 3.02. The van der Waals surface area contributed by atoms with Gasteiger partial charge >= 0.3 is 0 Å². The lowest BCUT2D eigenvalue weighted by atomic mass is 10.0. The first-order valence-corrected chi connectivity index (χ1v) is 5.93. The Hall–Kier alpha value is -1.26. The van der Waals surface area contributed by atoms with Crippen molar-refractivity contribution in [3.8, 4) is 5.75 Å². The maximum atomic E-state index is 11.8. The van der Waals surface area contributed by atoms with Crippen LogP contribution in [0.25, 0.3) is 0 Å². The van der Waals surface area contributed by atoms with Crippen molar-refractivity contribution < 1.29 is 9.53 Å². The van der Waals surface area contributed by atoms with E-state index >= 15 is 0 Å². The average Bonchev–Trinajstić information content (AvgIpc) is 2.82. The average molecular weight is 271 g/mol. The molecular formula is C13H19ClN2O2. The van der Waals surface area contributed by atoms with Crippen LogP contribution in [0.2, 0.25) is 0 Å².